The Morgan fingerprint density at radius 1 is 0.949 bits per heavy atom. The Balaban J connectivity index is -0.0000000670. The average molecular weight is 575 g/mol. The third-order valence-electron chi connectivity index (χ3n) is 5.61. The fourth-order valence-electron chi connectivity index (χ4n) is 3.16. The molecule has 242 valence electrons. The molecule has 2 aliphatic rings. The van der Waals surface area contributed by atoms with Crippen molar-refractivity contribution in [1.82, 2.24) is 0 Å². The van der Waals surface area contributed by atoms with E-state index in [9.17, 15) is 4.79 Å². The summed E-state index contributed by atoms with van der Waals surface area (Å²) in [7, 11) is 2.64. The fourth-order valence-corrected chi connectivity index (χ4v) is 3.16. The monoisotopic (exact) mass is 575 g/mol. The molecule has 0 heterocycles. The molecule has 2 aliphatic carbocycles. The van der Waals surface area contributed by atoms with Gasteiger partial charge >= 0.3 is 0 Å². The number of hydrogen-bond acceptors (Lipinski definition) is 2. The highest BCUT2D eigenvalue weighted by Gasteiger charge is 2.32. The summed E-state index contributed by atoms with van der Waals surface area (Å²) in [6, 6.07) is 0. The first-order chi connectivity index (χ1) is 16.2. The minimum atomic E-state index is -0.611. The molecule has 2 nitrogen and oxygen atoms in total. The predicted octanol–water partition coefficient (Wildman–Crippen LogP) is 13.3. The van der Waals surface area contributed by atoms with E-state index in [1.165, 1.54) is 58.8 Å². The molecule has 3 heteroatoms. The molecule has 0 N–H and O–H groups in total. The van der Waals surface area contributed by atoms with E-state index >= 15 is 0 Å². The van der Waals surface area contributed by atoms with Crippen LogP contribution in [0.4, 0.5) is 0 Å². The normalized spacial score (nSPS) is 15.0. The van der Waals surface area contributed by atoms with E-state index in [2.05, 4.69) is 111 Å². The van der Waals surface area contributed by atoms with Crippen molar-refractivity contribution in [3.63, 3.8) is 0 Å². The smallest absolute Gasteiger partial charge is 0.126 e. The van der Waals surface area contributed by atoms with Crippen LogP contribution in [0.15, 0.2) is 23.8 Å². The highest BCUT2D eigenvalue weighted by molar-refractivity contribution is 6.74. The molecule has 0 spiro atoms. The van der Waals surface area contributed by atoms with Crippen molar-refractivity contribution in [3.8, 4) is 0 Å². The Bertz CT molecular complexity index is 536. The van der Waals surface area contributed by atoms with Crippen molar-refractivity contribution in [2.75, 3.05) is 14.2 Å². The van der Waals surface area contributed by atoms with Gasteiger partial charge in [0, 0.05) is 22.3 Å². The van der Waals surface area contributed by atoms with Crippen LogP contribution in [0.2, 0.25) is 26.2 Å². The molecule has 0 aromatic heterocycles. The van der Waals surface area contributed by atoms with Gasteiger partial charge in [-0.05, 0) is 68.6 Å². The van der Waals surface area contributed by atoms with Crippen LogP contribution in [0, 0.1) is 22.7 Å². The van der Waals surface area contributed by atoms with Gasteiger partial charge < -0.3 is 9.53 Å². The first-order valence-electron chi connectivity index (χ1n) is 14.4. The number of carbonyl (C=O) groups excluding carboxylic acids is 1. The van der Waals surface area contributed by atoms with Crippen molar-refractivity contribution < 1.29 is 9.53 Å². The maximum Gasteiger partial charge on any atom is 0.126 e. The third kappa shape index (κ3) is 54.2. The maximum atomic E-state index is 9.44. The van der Waals surface area contributed by atoms with Crippen LogP contribution in [0.25, 0.3) is 0 Å². The van der Waals surface area contributed by atoms with Gasteiger partial charge in [0.1, 0.15) is 5.78 Å². The summed E-state index contributed by atoms with van der Waals surface area (Å²) in [5.74, 6) is 1.87. The Hall–Kier alpha value is -0.673. The molecule has 0 aliphatic heterocycles. The molecule has 1 saturated carbocycles. The van der Waals surface area contributed by atoms with Crippen LogP contribution in [0.3, 0.4) is 0 Å². The fraction of sp³-hybridized carbons (Fsp3) is 0.861. The number of rotatable bonds is 2. The quantitative estimate of drug-likeness (QED) is 0.306. The Morgan fingerprint density at radius 3 is 1.41 bits per heavy atom. The van der Waals surface area contributed by atoms with Gasteiger partial charge in [0.25, 0.3) is 0 Å². The lowest BCUT2D eigenvalue weighted by Gasteiger charge is -2.40. The van der Waals surface area contributed by atoms with Crippen molar-refractivity contribution >= 4 is 13.9 Å². The lowest BCUT2D eigenvalue weighted by atomic mass is 9.65. The molecular formula is C36H82O2Si. The van der Waals surface area contributed by atoms with Crippen molar-refractivity contribution in [2.45, 2.75) is 170 Å². The van der Waals surface area contributed by atoms with Gasteiger partial charge in [-0.25, -0.2) is 0 Å². The lowest BCUT2D eigenvalue weighted by Crippen LogP contribution is -2.29. The SMILES string of the molecule is C.C.C.CC(C)=O.CC(C)C1=CC=CC1.CC1(C)CCC(C(C)(C)C)CC1.CCCC.COC.C[Si](C)(C)C. The van der Waals surface area contributed by atoms with E-state index in [-0.39, 0.29) is 28.1 Å². The summed E-state index contributed by atoms with van der Waals surface area (Å²) in [6.45, 7) is 33.2. The number of methoxy groups -OCH3 is 1. The molecule has 0 aromatic rings. The molecule has 0 unspecified atom stereocenters. The number of unbranched alkanes of at least 4 members (excludes halogenated alkanes) is 1. The summed E-state index contributed by atoms with van der Waals surface area (Å²) in [5, 5.41) is 0. The first kappa shape index (κ1) is 54.4. The van der Waals surface area contributed by atoms with Gasteiger partial charge in [-0.3, -0.25) is 0 Å². The predicted molar refractivity (Wildman–Crippen MR) is 191 cm³/mol. The second kappa shape index (κ2) is 30.3. The Morgan fingerprint density at radius 2 is 1.26 bits per heavy atom. The topological polar surface area (TPSA) is 26.3 Å². The molecule has 0 bridgehead atoms. The minimum Gasteiger partial charge on any atom is -0.388 e. The molecular weight excluding hydrogens is 492 g/mol. The van der Waals surface area contributed by atoms with Crippen molar-refractivity contribution in [3.05, 3.63) is 23.8 Å². The van der Waals surface area contributed by atoms with Crippen LogP contribution >= 0.6 is 0 Å². The highest BCUT2D eigenvalue weighted by atomic mass is 28.3. The molecule has 0 atom stereocenters. The summed E-state index contributed by atoms with van der Waals surface area (Å²) < 4.78 is 4.25. The molecule has 2 rings (SSSR count). The van der Waals surface area contributed by atoms with Gasteiger partial charge in [0.2, 0.25) is 0 Å². The van der Waals surface area contributed by atoms with E-state index < -0.39 is 8.07 Å². The second-order valence-corrected chi connectivity index (χ2v) is 20.1. The molecule has 0 radical (unpaired) electrons. The van der Waals surface area contributed by atoms with Crippen molar-refractivity contribution in [1.29, 1.82) is 0 Å². The largest absolute Gasteiger partial charge is 0.388 e. The van der Waals surface area contributed by atoms with Gasteiger partial charge in [-0.15, -0.1) is 0 Å². The number of ether oxygens (including phenoxy) is 1. The van der Waals surface area contributed by atoms with Crippen LogP contribution in [-0.2, 0) is 9.53 Å². The standard InChI is InChI=1S/C12H24.C8H12.C4H12Si.C4H10.C3H6O.C2H6O.3CH4/c1-11(2,3)10-6-8-12(4,5)9-7-10;1-7(2)8-5-3-4-6-8;1-5(2,3)4;1-3-4-2;1-3(2)4;1-3-2;;;/h10H,6-9H2,1-5H3;3-5,7H,6H2,1-2H3;1-4H3;3-4H2,1-2H3;1-2H3;1-2H3;3*1H4. The van der Waals surface area contributed by atoms with E-state index in [0.717, 1.165) is 11.8 Å². The van der Waals surface area contributed by atoms with E-state index in [1.807, 2.05) is 0 Å². The molecule has 39 heavy (non-hydrogen) atoms. The molecule has 0 saturated heterocycles. The Labute approximate surface area is 253 Å². The summed E-state index contributed by atoms with van der Waals surface area (Å²) >= 11 is 0. The average Bonchev–Trinajstić information content (AvgIpc) is 3.22. The third-order valence-corrected chi connectivity index (χ3v) is 5.61. The van der Waals surface area contributed by atoms with Crippen molar-refractivity contribution in [2.24, 2.45) is 22.7 Å². The second-order valence-electron chi connectivity index (χ2n) is 14.1. The zero-order chi connectivity index (χ0) is 29.6. The minimum absolute atomic E-state index is 0. The van der Waals surface area contributed by atoms with Crippen LogP contribution in [-0.4, -0.2) is 28.1 Å². The summed E-state index contributed by atoms with van der Waals surface area (Å²) in [5.41, 5.74) is 2.73. The van der Waals surface area contributed by atoms with E-state index in [4.69, 9.17) is 0 Å². The molecule has 1 fully saturated rings. The number of allylic oxidation sites excluding steroid dienone is 4. The van der Waals surface area contributed by atoms with Gasteiger partial charge in [-0.1, -0.05) is 147 Å². The van der Waals surface area contributed by atoms with E-state index in [0.29, 0.717) is 10.8 Å². The van der Waals surface area contributed by atoms with Gasteiger partial charge in [0.05, 0.1) is 0 Å². The maximum absolute atomic E-state index is 9.44. The number of Topliss-reactive ketones (excluding diaryl/α,β-unsaturated/α-hetero) is 1. The zero-order valence-electron chi connectivity index (χ0n) is 28.2. The number of hydrogen-bond donors (Lipinski definition) is 0. The zero-order valence-corrected chi connectivity index (χ0v) is 29.2. The Kier molecular flexibility index (Phi) is 42.3. The van der Waals surface area contributed by atoms with E-state index in [1.54, 1.807) is 19.8 Å². The van der Waals surface area contributed by atoms with Crippen LogP contribution < -0.4 is 0 Å². The molecule has 0 aromatic carbocycles. The number of carbonyl (C=O) groups is 1. The first-order valence-corrected chi connectivity index (χ1v) is 18.4. The highest BCUT2D eigenvalue weighted by Crippen LogP contribution is 2.44. The van der Waals surface area contributed by atoms with Gasteiger partial charge in [0.15, 0.2) is 0 Å². The number of ketones is 1. The van der Waals surface area contributed by atoms with Crippen LogP contribution in [0.1, 0.15) is 143 Å². The molecule has 0 amide bonds. The van der Waals surface area contributed by atoms with Gasteiger partial charge in [-0.2, -0.15) is 0 Å². The lowest BCUT2D eigenvalue weighted by molar-refractivity contribution is -0.115. The summed E-state index contributed by atoms with van der Waals surface area (Å²) in [4.78, 5) is 9.44. The summed E-state index contributed by atoms with van der Waals surface area (Å²) in [6.07, 6.45) is 16.1. The van der Waals surface area contributed by atoms with Crippen LogP contribution in [0.5, 0.6) is 0 Å².